The van der Waals surface area contributed by atoms with E-state index in [4.69, 9.17) is 46.4 Å². The van der Waals surface area contributed by atoms with E-state index >= 15 is 0 Å². The van der Waals surface area contributed by atoms with Crippen molar-refractivity contribution >= 4 is 46.4 Å². The third-order valence-corrected chi connectivity index (χ3v) is 3.10. The van der Waals surface area contributed by atoms with Crippen molar-refractivity contribution in [2.75, 3.05) is 0 Å². The largest absolute Gasteiger partial charge is 0.262 e. The molecule has 0 aromatic carbocycles. The fourth-order valence-electron chi connectivity index (χ4n) is 1.30. The monoisotopic (exact) mass is 292 g/mol. The molecule has 2 nitrogen and oxygen atoms in total. The zero-order valence-electron chi connectivity index (χ0n) is 7.72. The number of hydrogen-bond acceptors (Lipinski definition) is 2. The van der Waals surface area contributed by atoms with Gasteiger partial charge in [-0.25, -0.2) is 0 Å². The van der Waals surface area contributed by atoms with Gasteiger partial charge in [0.2, 0.25) is 0 Å². The molecule has 2 aromatic heterocycles. The zero-order valence-corrected chi connectivity index (χ0v) is 10.7. The van der Waals surface area contributed by atoms with Crippen molar-refractivity contribution in [2.24, 2.45) is 0 Å². The van der Waals surface area contributed by atoms with Gasteiger partial charge in [-0.3, -0.25) is 9.97 Å². The molecule has 0 saturated carbocycles. The Morgan fingerprint density at radius 1 is 0.562 bits per heavy atom. The molecule has 16 heavy (non-hydrogen) atoms. The minimum Gasteiger partial charge on any atom is -0.262 e. The highest BCUT2D eigenvalue weighted by Crippen LogP contribution is 2.41. The maximum atomic E-state index is 6.02. The minimum absolute atomic E-state index is 0.391. The van der Waals surface area contributed by atoms with Crippen LogP contribution in [0.25, 0.3) is 11.1 Å². The van der Waals surface area contributed by atoms with E-state index in [1.54, 1.807) is 0 Å². The van der Waals surface area contributed by atoms with E-state index in [2.05, 4.69) is 9.97 Å². The lowest BCUT2D eigenvalue weighted by Crippen LogP contribution is -1.87. The highest BCUT2D eigenvalue weighted by Gasteiger charge is 2.15. The molecule has 0 unspecified atom stereocenters. The van der Waals surface area contributed by atoms with Gasteiger partial charge in [-0.05, 0) is 0 Å². The topological polar surface area (TPSA) is 25.8 Å². The van der Waals surface area contributed by atoms with E-state index in [9.17, 15) is 0 Å². The molecular weight excluding hydrogens is 290 g/mol. The van der Waals surface area contributed by atoms with Crippen molar-refractivity contribution in [3.05, 3.63) is 44.9 Å². The molecule has 0 spiro atoms. The second-order valence-corrected chi connectivity index (χ2v) is 4.59. The van der Waals surface area contributed by atoms with Gasteiger partial charge in [0.15, 0.2) is 0 Å². The van der Waals surface area contributed by atoms with Crippen LogP contribution in [0.15, 0.2) is 24.8 Å². The first-order chi connectivity index (χ1) is 7.61. The molecule has 2 aromatic rings. The predicted molar refractivity (Wildman–Crippen MR) is 67.5 cm³/mol. The van der Waals surface area contributed by atoms with E-state index in [1.807, 2.05) is 0 Å². The van der Waals surface area contributed by atoms with Gasteiger partial charge in [-0.15, -0.1) is 0 Å². The number of pyridine rings is 2. The van der Waals surface area contributed by atoms with E-state index in [1.165, 1.54) is 24.8 Å². The summed E-state index contributed by atoms with van der Waals surface area (Å²) in [5.74, 6) is 0. The quantitative estimate of drug-likeness (QED) is 0.758. The number of aromatic nitrogens is 2. The summed E-state index contributed by atoms with van der Waals surface area (Å²) in [6.07, 6.45) is 5.93. The van der Waals surface area contributed by atoms with E-state index < -0.39 is 0 Å². The lowest BCUT2D eigenvalue weighted by molar-refractivity contribution is 1.31. The molecule has 0 fully saturated rings. The predicted octanol–water partition coefficient (Wildman–Crippen LogP) is 4.76. The Balaban J connectivity index is 2.77. The van der Waals surface area contributed by atoms with E-state index in [0.717, 1.165) is 0 Å². The Morgan fingerprint density at radius 3 is 1.06 bits per heavy atom. The maximum absolute atomic E-state index is 6.02. The molecule has 0 aliphatic rings. The number of halogens is 4. The standard InChI is InChI=1S/C10H4Cl4N2/c11-5-1-15-2-6(12)9(5)10-7(13)3-16-4-8(10)14/h1-4H. The van der Waals surface area contributed by atoms with Crippen LogP contribution in [0.4, 0.5) is 0 Å². The molecule has 0 radical (unpaired) electrons. The Labute approximate surface area is 112 Å². The van der Waals surface area contributed by atoms with Gasteiger partial charge in [0.25, 0.3) is 0 Å². The normalized spacial score (nSPS) is 10.5. The van der Waals surface area contributed by atoms with Gasteiger partial charge in [0, 0.05) is 35.9 Å². The van der Waals surface area contributed by atoms with E-state index in [0.29, 0.717) is 31.2 Å². The number of rotatable bonds is 1. The van der Waals surface area contributed by atoms with Crippen molar-refractivity contribution in [1.29, 1.82) is 0 Å². The van der Waals surface area contributed by atoms with E-state index in [-0.39, 0.29) is 0 Å². The molecule has 6 heteroatoms. The Hall–Kier alpha value is -0.540. The molecule has 0 amide bonds. The molecule has 0 atom stereocenters. The molecule has 0 saturated heterocycles. The summed E-state index contributed by atoms with van der Waals surface area (Å²) in [5.41, 5.74) is 1.13. The van der Waals surface area contributed by atoms with Crippen molar-refractivity contribution in [2.45, 2.75) is 0 Å². The summed E-state index contributed by atoms with van der Waals surface area (Å²) in [6.45, 7) is 0. The van der Waals surface area contributed by atoms with Gasteiger partial charge in [0.1, 0.15) is 0 Å². The van der Waals surface area contributed by atoms with Gasteiger partial charge in [-0.1, -0.05) is 46.4 Å². The fraction of sp³-hybridized carbons (Fsp3) is 0. The summed E-state index contributed by atoms with van der Waals surface area (Å²) in [6, 6.07) is 0. The first-order valence-corrected chi connectivity index (χ1v) is 5.71. The summed E-state index contributed by atoms with van der Waals surface area (Å²) < 4.78 is 0. The van der Waals surface area contributed by atoms with Crippen LogP contribution >= 0.6 is 46.4 Å². The van der Waals surface area contributed by atoms with Crippen LogP contribution in [-0.4, -0.2) is 9.97 Å². The third-order valence-electron chi connectivity index (χ3n) is 1.96. The SMILES string of the molecule is Clc1cncc(Cl)c1-c1c(Cl)cncc1Cl. The summed E-state index contributed by atoms with van der Waals surface area (Å²) in [7, 11) is 0. The molecule has 2 rings (SSSR count). The Morgan fingerprint density at radius 2 is 0.812 bits per heavy atom. The fourth-order valence-corrected chi connectivity index (χ4v) is 2.41. The second-order valence-electron chi connectivity index (χ2n) is 2.96. The van der Waals surface area contributed by atoms with Crippen LogP contribution in [0.1, 0.15) is 0 Å². The van der Waals surface area contributed by atoms with Gasteiger partial charge < -0.3 is 0 Å². The Kier molecular flexibility index (Phi) is 3.55. The smallest absolute Gasteiger partial charge is 0.0683 e. The van der Waals surface area contributed by atoms with Crippen LogP contribution in [0, 0.1) is 0 Å². The van der Waals surface area contributed by atoms with Crippen LogP contribution in [0.5, 0.6) is 0 Å². The average Bonchev–Trinajstić information content (AvgIpc) is 2.21. The first-order valence-electron chi connectivity index (χ1n) is 4.19. The van der Waals surface area contributed by atoms with Crippen molar-refractivity contribution in [1.82, 2.24) is 9.97 Å². The van der Waals surface area contributed by atoms with Crippen LogP contribution in [0.2, 0.25) is 20.1 Å². The van der Waals surface area contributed by atoms with Crippen molar-refractivity contribution < 1.29 is 0 Å². The number of hydrogen-bond donors (Lipinski definition) is 0. The maximum Gasteiger partial charge on any atom is 0.0683 e. The van der Waals surface area contributed by atoms with Gasteiger partial charge in [0.05, 0.1) is 20.1 Å². The van der Waals surface area contributed by atoms with Crippen molar-refractivity contribution in [3.63, 3.8) is 0 Å². The van der Waals surface area contributed by atoms with Gasteiger partial charge >= 0.3 is 0 Å². The highest BCUT2D eigenvalue weighted by atomic mass is 35.5. The van der Waals surface area contributed by atoms with Gasteiger partial charge in [-0.2, -0.15) is 0 Å². The van der Waals surface area contributed by atoms with Crippen molar-refractivity contribution in [3.8, 4) is 11.1 Å². The average molecular weight is 294 g/mol. The summed E-state index contributed by atoms with van der Waals surface area (Å²) in [4.78, 5) is 7.73. The van der Waals surface area contributed by atoms with Crippen LogP contribution in [0.3, 0.4) is 0 Å². The molecule has 0 aliphatic heterocycles. The first kappa shape index (κ1) is 11.9. The summed E-state index contributed by atoms with van der Waals surface area (Å²) in [5, 5.41) is 1.56. The molecule has 0 aliphatic carbocycles. The molecule has 0 N–H and O–H groups in total. The minimum atomic E-state index is 0.391. The lowest BCUT2D eigenvalue weighted by Gasteiger charge is -2.09. The molecule has 2 heterocycles. The highest BCUT2D eigenvalue weighted by molar-refractivity contribution is 6.43. The molecule has 0 bridgehead atoms. The lowest BCUT2D eigenvalue weighted by atomic mass is 10.1. The zero-order chi connectivity index (χ0) is 11.7. The number of nitrogens with zero attached hydrogens (tertiary/aromatic N) is 2. The van der Waals surface area contributed by atoms with Crippen LogP contribution < -0.4 is 0 Å². The second kappa shape index (κ2) is 4.76. The molecular formula is C10H4Cl4N2. The molecule has 82 valence electrons. The third kappa shape index (κ3) is 2.11. The van der Waals surface area contributed by atoms with Crippen LogP contribution in [-0.2, 0) is 0 Å². The Bertz CT molecular complexity index is 452. The summed E-state index contributed by atoms with van der Waals surface area (Å²) >= 11 is 24.1.